The normalized spacial score (nSPS) is 23.3. The van der Waals surface area contributed by atoms with Gasteiger partial charge in [-0.25, -0.2) is 13.4 Å². The van der Waals surface area contributed by atoms with Crippen molar-refractivity contribution in [2.24, 2.45) is 22.7 Å². The molecule has 0 bridgehead atoms. The van der Waals surface area contributed by atoms with Gasteiger partial charge in [-0.3, -0.25) is 0 Å². The van der Waals surface area contributed by atoms with E-state index in [2.05, 4.69) is 40.6 Å². The Balaban J connectivity index is 1.39. The number of ether oxygens (including phenoxy) is 1. The second kappa shape index (κ2) is 9.97. The van der Waals surface area contributed by atoms with Gasteiger partial charge in [0, 0.05) is 36.2 Å². The lowest BCUT2D eigenvalue weighted by atomic mass is 9.90. The fourth-order valence-electron chi connectivity index (χ4n) is 4.07. The van der Waals surface area contributed by atoms with Crippen LogP contribution in [-0.4, -0.2) is 51.2 Å². The summed E-state index contributed by atoms with van der Waals surface area (Å²) in [7, 11) is -3.19. The van der Waals surface area contributed by atoms with Crippen LogP contribution in [0.15, 0.2) is 32.5 Å². The van der Waals surface area contributed by atoms with E-state index in [9.17, 15) is 8.42 Å². The van der Waals surface area contributed by atoms with Gasteiger partial charge in [0.15, 0.2) is 9.84 Å². The van der Waals surface area contributed by atoms with Gasteiger partial charge in [-0.2, -0.15) is 4.98 Å². The summed E-state index contributed by atoms with van der Waals surface area (Å²) in [5.41, 5.74) is 0. The van der Waals surface area contributed by atoms with E-state index in [1.54, 1.807) is 13.0 Å². The van der Waals surface area contributed by atoms with Crippen LogP contribution < -0.4 is 4.90 Å². The highest BCUT2D eigenvalue weighted by molar-refractivity contribution is 7.94. The van der Waals surface area contributed by atoms with Gasteiger partial charge in [-0.15, -0.1) is 0 Å². The number of aliphatic imine (C=N–C) groups is 1. The number of piperidine rings is 1. The minimum Gasteiger partial charge on any atom is -0.478 e. The van der Waals surface area contributed by atoms with E-state index in [-0.39, 0.29) is 10.8 Å². The molecule has 8 nitrogen and oxygen atoms in total. The number of sulfone groups is 1. The highest BCUT2D eigenvalue weighted by Gasteiger charge is 2.43. The van der Waals surface area contributed by atoms with Gasteiger partial charge in [0.05, 0.1) is 6.61 Å². The minimum absolute atomic E-state index is 0.250. The summed E-state index contributed by atoms with van der Waals surface area (Å²) in [5.74, 6) is 4.22. The molecule has 31 heavy (non-hydrogen) atoms. The quantitative estimate of drug-likeness (QED) is 0.302. The number of hydrogen-bond donors (Lipinski definition) is 0. The summed E-state index contributed by atoms with van der Waals surface area (Å²) in [6.45, 7) is 11.7. The van der Waals surface area contributed by atoms with Crippen LogP contribution in [0.4, 0.5) is 5.95 Å². The number of nitrogens with zero attached hydrogens (tertiary/aromatic N) is 4. The summed E-state index contributed by atoms with van der Waals surface area (Å²) in [6.07, 6.45) is 8.78. The molecule has 0 spiro atoms. The van der Waals surface area contributed by atoms with Crippen LogP contribution in [0.25, 0.3) is 0 Å². The van der Waals surface area contributed by atoms with E-state index in [4.69, 9.17) is 9.26 Å². The number of hydrogen-bond acceptors (Lipinski definition) is 8. The average Bonchev–Trinajstić information content (AvgIpc) is 3.32. The Kier molecular flexibility index (Phi) is 7.56. The van der Waals surface area contributed by atoms with Crippen molar-refractivity contribution in [2.75, 3.05) is 30.9 Å². The molecule has 1 aliphatic heterocycles. The fraction of sp³-hybridized carbons (Fsp3) is 0.682. The zero-order chi connectivity index (χ0) is 22.6. The van der Waals surface area contributed by atoms with Gasteiger partial charge in [-0.1, -0.05) is 13.8 Å². The number of allylic oxidation sites excluding steroid dienone is 3. The van der Waals surface area contributed by atoms with Gasteiger partial charge >= 0.3 is 0 Å². The first-order chi connectivity index (χ1) is 14.7. The molecule has 1 aromatic rings. The number of rotatable bonds is 10. The molecule has 172 valence electrons. The van der Waals surface area contributed by atoms with Crippen molar-refractivity contribution in [1.82, 2.24) is 10.1 Å². The molecule has 3 rings (SSSR count). The molecule has 1 saturated heterocycles. The Morgan fingerprint density at radius 1 is 1.35 bits per heavy atom. The largest absolute Gasteiger partial charge is 0.478 e. The lowest BCUT2D eigenvalue weighted by Crippen LogP contribution is -2.35. The van der Waals surface area contributed by atoms with Crippen molar-refractivity contribution in [1.29, 1.82) is 0 Å². The fourth-order valence-corrected chi connectivity index (χ4v) is 4.39. The lowest BCUT2D eigenvalue weighted by Gasteiger charge is -2.31. The molecule has 0 amide bonds. The molecule has 0 N–H and O–H groups in total. The smallest absolute Gasteiger partial charge is 0.266 e. The van der Waals surface area contributed by atoms with Gasteiger partial charge in [0.25, 0.3) is 5.95 Å². The van der Waals surface area contributed by atoms with Crippen molar-refractivity contribution in [3.63, 3.8) is 0 Å². The molecule has 2 aliphatic rings. The van der Waals surface area contributed by atoms with Gasteiger partial charge in [0.1, 0.15) is 0 Å². The maximum Gasteiger partial charge on any atom is 0.266 e. The maximum atomic E-state index is 11.5. The predicted molar refractivity (Wildman–Crippen MR) is 122 cm³/mol. The van der Waals surface area contributed by atoms with E-state index in [1.807, 2.05) is 0 Å². The zero-order valence-corrected chi connectivity index (χ0v) is 19.8. The van der Waals surface area contributed by atoms with Gasteiger partial charge in [-0.05, 0) is 68.3 Å². The third kappa shape index (κ3) is 6.41. The SMILES string of the molecule is C=NC(=CC=C(C)S(C)(=O)=O)OCCC1CC1C1CCN(c2noc(C(C)C)n2)CC1. The third-order valence-electron chi connectivity index (χ3n) is 6.27. The molecular formula is C22H34N4O4S. The van der Waals surface area contributed by atoms with Crippen molar-refractivity contribution in [3.05, 3.63) is 28.8 Å². The Morgan fingerprint density at radius 2 is 2.06 bits per heavy atom. The van der Waals surface area contributed by atoms with E-state index in [0.717, 1.165) is 50.1 Å². The first-order valence-electron chi connectivity index (χ1n) is 11.0. The highest BCUT2D eigenvalue weighted by atomic mass is 32.2. The summed E-state index contributed by atoms with van der Waals surface area (Å²) >= 11 is 0. The molecule has 2 fully saturated rings. The van der Waals surface area contributed by atoms with Crippen LogP contribution in [0.5, 0.6) is 0 Å². The van der Waals surface area contributed by atoms with Crippen molar-refractivity contribution < 1.29 is 17.7 Å². The summed E-state index contributed by atoms with van der Waals surface area (Å²) in [6, 6.07) is 0. The Bertz CT molecular complexity index is 927. The molecule has 2 atom stereocenters. The molecular weight excluding hydrogens is 416 g/mol. The van der Waals surface area contributed by atoms with Gasteiger partial charge in [0.2, 0.25) is 11.8 Å². The van der Waals surface area contributed by atoms with Crippen LogP contribution in [0, 0.1) is 17.8 Å². The van der Waals surface area contributed by atoms with Crippen molar-refractivity contribution in [3.8, 4) is 0 Å². The third-order valence-corrected chi connectivity index (χ3v) is 7.58. The Labute approximate surface area is 185 Å². The molecule has 1 saturated carbocycles. The highest BCUT2D eigenvalue weighted by Crippen LogP contribution is 2.50. The van der Waals surface area contributed by atoms with E-state index in [0.29, 0.717) is 24.3 Å². The second-order valence-corrected chi connectivity index (χ2v) is 11.1. The first kappa shape index (κ1) is 23.5. The van der Waals surface area contributed by atoms with Gasteiger partial charge < -0.3 is 14.2 Å². The van der Waals surface area contributed by atoms with Crippen molar-refractivity contribution >= 4 is 22.5 Å². The number of anilines is 1. The monoisotopic (exact) mass is 450 g/mol. The molecule has 9 heteroatoms. The molecule has 2 heterocycles. The topological polar surface area (TPSA) is 97.9 Å². The van der Waals surface area contributed by atoms with E-state index in [1.165, 1.54) is 18.8 Å². The first-order valence-corrected chi connectivity index (χ1v) is 12.8. The zero-order valence-electron chi connectivity index (χ0n) is 19.0. The average molecular weight is 451 g/mol. The molecule has 0 radical (unpaired) electrons. The summed E-state index contributed by atoms with van der Waals surface area (Å²) in [5, 5.41) is 4.13. The van der Waals surface area contributed by atoms with Crippen molar-refractivity contribution in [2.45, 2.75) is 52.4 Å². The predicted octanol–water partition coefficient (Wildman–Crippen LogP) is 3.94. The Morgan fingerprint density at radius 3 is 2.65 bits per heavy atom. The standard InChI is InChI=1S/C22H34N4O4S/c1-15(2)21-24-22(25-30-21)26-11-8-17(9-12-26)19-14-18(19)10-13-29-20(23-4)7-6-16(3)31(5,27)28/h6-7,15,17-19H,4,8-14H2,1-3,5H3. The summed E-state index contributed by atoms with van der Waals surface area (Å²) < 4.78 is 34.0. The van der Waals surface area contributed by atoms with Crippen LogP contribution in [0.3, 0.4) is 0 Å². The second-order valence-electron chi connectivity index (χ2n) is 8.92. The molecule has 0 aromatic carbocycles. The van der Waals surface area contributed by atoms with Crippen LogP contribution in [-0.2, 0) is 14.6 Å². The molecule has 1 aromatic heterocycles. The summed E-state index contributed by atoms with van der Waals surface area (Å²) in [4.78, 5) is 10.9. The molecule has 2 unspecified atom stereocenters. The maximum absolute atomic E-state index is 11.5. The van der Waals surface area contributed by atoms with Crippen LogP contribution in [0.1, 0.15) is 58.3 Å². The van der Waals surface area contributed by atoms with E-state index >= 15 is 0 Å². The number of aromatic nitrogens is 2. The lowest BCUT2D eigenvalue weighted by molar-refractivity contribution is 0.196. The van der Waals surface area contributed by atoms with Crippen LogP contribution in [0.2, 0.25) is 0 Å². The van der Waals surface area contributed by atoms with Crippen LogP contribution >= 0.6 is 0 Å². The van der Waals surface area contributed by atoms with E-state index < -0.39 is 9.84 Å². The Hall–Kier alpha value is -2.16. The minimum atomic E-state index is -3.19. The molecule has 1 aliphatic carbocycles.